The minimum Gasteiger partial charge on any atom is -0.304 e. The van der Waals surface area contributed by atoms with Gasteiger partial charge in [-0.3, -0.25) is 0 Å². The molecule has 0 amide bonds. The Hall–Kier alpha value is -0.110. The number of fused-ring (bicyclic) bond motifs is 2. The molecule has 0 aliphatic carbocycles. The van der Waals surface area contributed by atoms with Crippen molar-refractivity contribution >= 4 is 0 Å². The lowest BCUT2D eigenvalue weighted by atomic mass is 9.87. The highest BCUT2D eigenvalue weighted by molar-refractivity contribution is 5.09. The van der Waals surface area contributed by atoms with Crippen molar-refractivity contribution in [3.63, 3.8) is 0 Å². The van der Waals surface area contributed by atoms with Crippen LogP contribution in [0.2, 0.25) is 0 Å². The number of hydrogen-bond donors (Lipinski definition) is 1. The standard InChI is InChI=1S/C9H16FN/c1-8-4-3-7(10)9(2,11-8)6-5-8/h7,11H,3-6H2,1-2H3/t7-,8+,9+/m0/s1. The van der Waals surface area contributed by atoms with Crippen LogP contribution < -0.4 is 5.32 Å². The van der Waals surface area contributed by atoms with E-state index >= 15 is 0 Å². The van der Waals surface area contributed by atoms with Gasteiger partial charge in [-0.15, -0.1) is 0 Å². The predicted molar refractivity (Wildman–Crippen MR) is 43.3 cm³/mol. The van der Waals surface area contributed by atoms with Crippen LogP contribution in [0.5, 0.6) is 0 Å². The number of piperidine rings is 1. The summed E-state index contributed by atoms with van der Waals surface area (Å²) in [5.74, 6) is 0. The van der Waals surface area contributed by atoms with Gasteiger partial charge in [-0.2, -0.15) is 0 Å². The second-order valence-electron chi connectivity index (χ2n) is 4.61. The maximum atomic E-state index is 13.4. The Balaban J connectivity index is 2.23. The van der Waals surface area contributed by atoms with E-state index in [9.17, 15) is 4.39 Å². The molecule has 2 heteroatoms. The van der Waals surface area contributed by atoms with E-state index < -0.39 is 6.17 Å². The Bertz CT molecular complexity index is 178. The van der Waals surface area contributed by atoms with Crippen molar-refractivity contribution in [1.82, 2.24) is 5.32 Å². The van der Waals surface area contributed by atoms with Crippen LogP contribution in [0.15, 0.2) is 0 Å². The van der Waals surface area contributed by atoms with Crippen LogP contribution >= 0.6 is 0 Å². The summed E-state index contributed by atoms with van der Waals surface area (Å²) >= 11 is 0. The first-order chi connectivity index (χ1) is 5.04. The highest BCUT2D eigenvalue weighted by atomic mass is 19.1. The molecule has 0 spiro atoms. The Morgan fingerprint density at radius 2 is 2.00 bits per heavy atom. The maximum Gasteiger partial charge on any atom is 0.118 e. The molecule has 1 nitrogen and oxygen atoms in total. The fraction of sp³-hybridized carbons (Fsp3) is 1.00. The molecule has 0 aromatic carbocycles. The van der Waals surface area contributed by atoms with Gasteiger partial charge in [-0.1, -0.05) is 0 Å². The SMILES string of the molecule is C[C@@]12CC[C@H](F)[C@@](C)(CC1)N2. The normalized spacial score (nSPS) is 56.5. The van der Waals surface area contributed by atoms with Crippen LogP contribution in [0.1, 0.15) is 39.5 Å². The van der Waals surface area contributed by atoms with E-state index in [4.69, 9.17) is 0 Å². The average Bonchev–Trinajstić information content (AvgIpc) is 2.20. The van der Waals surface area contributed by atoms with Crippen LogP contribution in [0.25, 0.3) is 0 Å². The fourth-order valence-electron chi connectivity index (χ4n) is 2.54. The van der Waals surface area contributed by atoms with E-state index in [0.29, 0.717) is 0 Å². The Kier molecular flexibility index (Phi) is 1.35. The second kappa shape index (κ2) is 1.98. The quantitative estimate of drug-likeness (QED) is 0.567. The van der Waals surface area contributed by atoms with Crippen LogP contribution in [0, 0.1) is 0 Å². The van der Waals surface area contributed by atoms with E-state index in [1.165, 1.54) is 0 Å². The molecule has 2 aliphatic heterocycles. The molecular formula is C9H16FN. The summed E-state index contributed by atoms with van der Waals surface area (Å²) in [6.07, 6.45) is 3.27. The van der Waals surface area contributed by atoms with E-state index in [1.807, 2.05) is 6.92 Å². The highest BCUT2D eigenvalue weighted by Crippen LogP contribution is 2.43. The second-order valence-corrected chi connectivity index (χ2v) is 4.61. The van der Waals surface area contributed by atoms with Crippen LogP contribution in [0.3, 0.4) is 0 Å². The molecule has 2 heterocycles. The summed E-state index contributed by atoms with van der Waals surface area (Å²) in [4.78, 5) is 0. The van der Waals surface area contributed by atoms with Crippen molar-refractivity contribution < 1.29 is 4.39 Å². The molecule has 0 aromatic rings. The number of halogens is 1. The molecule has 0 saturated carbocycles. The van der Waals surface area contributed by atoms with Gasteiger partial charge in [0.25, 0.3) is 0 Å². The Morgan fingerprint density at radius 3 is 2.64 bits per heavy atom. The molecule has 0 aromatic heterocycles. The Morgan fingerprint density at radius 1 is 1.27 bits per heavy atom. The smallest absolute Gasteiger partial charge is 0.118 e. The first-order valence-electron chi connectivity index (χ1n) is 4.48. The summed E-state index contributed by atoms with van der Waals surface area (Å²) in [6.45, 7) is 4.23. The van der Waals surface area contributed by atoms with E-state index in [2.05, 4.69) is 12.2 Å². The summed E-state index contributed by atoms with van der Waals surface area (Å²) < 4.78 is 13.4. The van der Waals surface area contributed by atoms with Gasteiger partial charge < -0.3 is 5.32 Å². The van der Waals surface area contributed by atoms with Gasteiger partial charge in [0.1, 0.15) is 6.17 Å². The van der Waals surface area contributed by atoms with Gasteiger partial charge in [0.15, 0.2) is 0 Å². The molecule has 1 N–H and O–H groups in total. The molecule has 2 saturated heterocycles. The largest absolute Gasteiger partial charge is 0.304 e. The zero-order valence-electron chi connectivity index (χ0n) is 7.28. The molecular weight excluding hydrogens is 141 g/mol. The molecule has 0 radical (unpaired) electrons. The third-order valence-corrected chi connectivity index (χ3v) is 3.42. The first kappa shape index (κ1) is 7.53. The summed E-state index contributed by atoms with van der Waals surface area (Å²) in [5.41, 5.74) is 0.0460. The third kappa shape index (κ3) is 0.994. The summed E-state index contributed by atoms with van der Waals surface area (Å²) in [6, 6.07) is 0. The minimum absolute atomic E-state index is 0.201. The lowest BCUT2D eigenvalue weighted by molar-refractivity contribution is 0.110. The number of rotatable bonds is 0. The van der Waals surface area contributed by atoms with E-state index in [-0.39, 0.29) is 11.1 Å². The molecule has 2 rings (SSSR count). The molecule has 2 aliphatic rings. The maximum absolute atomic E-state index is 13.4. The van der Waals surface area contributed by atoms with Crippen molar-refractivity contribution in [1.29, 1.82) is 0 Å². The zero-order chi connectivity index (χ0) is 8.11. The predicted octanol–water partition coefficient (Wildman–Crippen LogP) is 2.02. The van der Waals surface area contributed by atoms with Crippen molar-refractivity contribution in [3.8, 4) is 0 Å². The molecule has 11 heavy (non-hydrogen) atoms. The van der Waals surface area contributed by atoms with E-state index in [0.717, 1.165) is 25.7 Å². The van der Waals surface area contributed by atoms with Gasteiger partial charge in [-0.25, -0.2) is 4.39 Å². The minimum atomic E-state index is -0.627. The van der Waals surface area contributed by atoms with Crippen molar-refractivity contribution in [2.24, 2.45) is 0 Å². The lowest BCUT2D eigenvalue weighted by Crippen LogP contribution is -2.56. The van der Waals surface area contributed by atoms with Gasteiger partial charge in [0, 0.05) is 11.1 Å². The number of alkyl halides is 1. The first-order valence-corrected chi connectivity index (χ1v) is 4.48. The topological polar surface area (TPSA) is 12.0 Å². The summed E-state index contributed by atoms with van der Waals surface area (Å²) in [5, 5.41) is 3.42. The van der Waals surface area contributed by atoms with Gasteiger partial charge in [0.2, 0.25) is 0 Å². The van der Waals surface area contributed by atoms with Gasteiger partial charge in [0.05, 0.1) is 0 Å². The zero-order valence-corrected chi connectivity index (χ0v) is 7.28. The molecule has 2 bridgehead atoms. The van der Waals surface area contributed by atoms with Crippen molar-refractivity contribution in [3.05, 3.63) is 0 Å². The van der Waals surface area contributed by atoms with E-state index in [1.54, 1.807) is 0 Å². The highest BCUT2D eigenvalue weighted by Gasteiger charge is 2.50. The van der Waals surface area contributed by atoms with Crippen LogP contribution in [-0.2, 0) is 0 Å². The number of nitrogens with one attached hydrogen (secondary N) is 1. The number of hydrogen-bond acceptors (Lipinski definition) is 1. The molecule has 64 valence electrons. The fourth-order valence-corrected chi connectivity index (χ4v) is 2.54. The van der Waals surface area contributed by atoms with Crippen LogP contribution in [-0.4, -0.2) is 17.2 Å². The van der Waals surface area contributed by atoms with Crippen molar-refractivity contribution in [2.75, 3.05) is 0 Å². The molecule has 0 unspecified atom stereocenters. The third-order valence-electron chi connectivity index (χ3n) is 3.42. The summed E-state index contributed by atoms with van der Waals surface area (Å²) in [7, 11) is 0. The van der Waals surface area contributed by atoms with Gasteiger partial charge in [-0.05, 0) is 39.5 Å². The molecule has 3 atom stereocenters. The molecule has 2 fully saturated rings. The van der Waals surface area contributed by atoms with Crippen molar-refractivity contribution in [2.45, 2.75) is 56.8 Å². The van der Waals surface area contributed by atoms with Gasteiger partial charge >= 0.3 is 0 Å². The lowest BCUT2D eigenvalue weighted by Gasteiger charge is -2.39. The average molecular weight is 157 g/mol. The Labute approximate surface area is 67.4 Å². The monoisotopic (exact) mass is 157 g/mol. The van der Waals surface area contributed by atoms with Crippen LogP contribution in [0.4, 0.5) is 4.39 Å².